The van der Waals surface area contributed by atoms with Gasteiger partial charge in [0, 0.05) is 36.6 Å². The van der Waals surface area contributed by atoms with Crippen molar-refractivity contribution in [2.75, 3.05) is 25.1 Å². The molecule has 0 atom stereocenters. The van der Waals surface area contributed by atoms with Gasteiger partial charge in [0.1, 0.15) is 11.6 Å². The van der Waals surface area contributed by atoms with Crippen molar-refractivity contribution in [1.29, 1.82) is 0 Å². The van der Waals surface area contributed by atoms with Gasteiger partial charge in [0.05, 0.1) is 24.3 Å². The molecule has 0 radical (unpaired) electrons. The maximum Gasteiger partial charge on any atom is 0.258 e. The number of para-hydroxylation sites is 2. The zero-order valence-corrected chi connectivity index (χ0v) is 19.3. The number of rotatable bonds is 6. The van der Waals surface area contributed by atoms with E-state index in [9.17, 15) is 9.90 Å². The number of piperidine rings is 1. The second-order valence-electron chi connectivity index (χ2n) is 9.20. The molecule has 6 heteroatoms. The summed E-state index contributed by atoms with van der Waals surface area (Å²) in [7, 11) is 1.60. The Morgan fingerprint density at radius 1 is 1.12 bits per heavy atom. The number of carbonyl (C=O) groups is 1. The van der Waals surface area contributed by atoms with Crippen LogP contribution in [0.3, 0.4) is 0 Å². The minimum absolute atomic E-state index is 0.000643. The Balaban J connectivity index is 1.54. The van der Waals surface area contributed by atoms with Gasteiger partial charge in [-0.15, -0.1) is 0 Å². The molecule has 5 rings (SSSR count). The van der Waals surface area contributed by atoms with Crippen LogP contribution in [0.4, 0.5) is 5.82 Å². The van der Waals surface area contributed by atoms with Crippen LogP contribution >= 0.6 is 0 Å². The lowest BCUT2D eigenvalue weighted by atomic mass is 10.0. The molecule has 1 aromatic heterocycles. The van der Waals surface area contributed by atoms with E-state index in [1.165, 1.54) is 0 Å². The highest BCUT2D eigenvalue weighted by Gasteiger charge is 2.35. The number of pyridine rings is 1. The maximum atomic E-state index is 13.6. The third kappa shape index (κ3) is 4.40. The second-order valence-corrected chi connectivity index (χ2v) is 9.20. The number of hydrogen-bond donors (Lipinski definition) is 1. The number of carbonyl (C=O) groups excluding carboxylic acids is 1. The fourth-order valence-corrected chi connectivity index (χ4v) is 4.76. The number of aliphatic hydroxyl groups excluding tert-OH is 1. The van der Waals surface area contributed by atoms with Crippen molar-refractivity contribution in [2.24, 2.45) is 0 Å². The predicted octanol–water partition coefficient (Wildman–Crippen LogP) is 4.32. The van der Waals surface area contributed by atoms with Crippen molar-refractivity contribution in [3.63, 3.8) is 0 Å². The molecule has 0 bridgehead atoms. The number of aryl methyl sites for hydroxylation is 1. The highest BCUT2D eigenvalue weighted by Crippen LogP contribution is 2.35. The fraction of sp³-hybridized carbons (Fsp3) is 0.407. The molecule has 172 valence electrons. The quantitative estimate of drug-likeness (QED) is 0.612. The molecule has 1 aliphatic carbocycles. The van der Waals surface area contributed by atoms with Crippen LogP contribution in [0.25, 0.3) is 10.9 Å². The van der Waals surface area contributed by atoms with Crippen LogP contribution in [0.2, 0.25) is 0 Å². The summed E-state index contributed by atoms with van der Waals surface area (Å²) >= 11 is 0. The van der Waals surface area contributed by atoms with Gasteiger partial charge in [0.15, 0.2) is 0 Å². The van der Waals surface area contributed by atoms with E-state index in [-0.39, 0.29) is 18.1 Å². The lowest BCUT2D eigenvalue weighted by Crippen LogP contribution is -2.38. The Hall–Kier alpha value is -3.12. The molecule has 0 spiro atoms. The molecule has 3 aromatic rings. The molecule has 2 aromatic carbocycles. The van der Waals surface area contributed by atoms with Crippen LogP contribution in [0.5, 0.6) is 5.75 Å². The molecule has 1 N–H and O–H groups in total. The van der Waals surface area contributed by atoms with Crippen molar-refractivity contribution < 1.29 is 14.6 Å². The van der Waals surface area contributed by atoms with Gasteiger partial charge < -0.3 is 19.6 Å². The van der Waals surface area contributed by atoms with E-state index >= 15 is 0 Å². The first kappa shape index (κ1) is 21.7. The smallest absolute Gasteiger partial charge is 0.258 e. The summed E-state index contributed by atoms with van der Waals surface area (Å²) in [5.74, 6) is 1.53. The third-order valence-electron chi connectivity index (χ3n) is 6.79. The number of fused-ring (bicyclic) bond motifs is 1. The molecule has 1 saturated carbocycles. The minimum atomic E-state index is -0.248. The second kappa shape index (κ2) is 9.02. The van der Waals surface area contributed by atoms with Gasteiger partial charge in [0.2, 0.25) is 0 Å². The number of aromatic nitrogens is 1. The average molecular weight is 446 g/mol. The summed E-state index contributed by atoms with van der Waals surface area (Å²) in [4.78, 5) is 23.0. The highest BCUT2D eigenvalue weighted by molar-refractivity contribution is 5.97. The number of ether oxygens (including phenoxy) is 1. The van der Waals surface area contributed by atoms with Crippen molar-refractivity contribution in [3.8, 4) is 5.75 Å². The van der Waals surface area contributed by atoms with E-state index in [0.29, 0.717) is 17.9 Å². The summed E-state index contributed by atoms with van der Waals surface area (Å²) in [5.41, 5.74) is 3.79. The van der Waals surface area contributed by atoms with Gasteiger partial charge in [-0.3, -0.25) is 4.79 Å². The minimum Gasteiger partial charge on any atom is -0.496 e. The van der Waals surface area contributed by atoms with Crippen molar-refractivity contribution in [3.05, 3.63) is 65.2 Å². The van der Waals surface area contributed by atoms with E-state index in [0.717, 1.165) is 66.6 Å². The first-order chi connectivity index (χ1) is 16.0. The van der Waals surface area contributed by atoms with E-state index in [1.807, 2.05) is 29.2 Å². The van der Waals surface area contributed by atoms with Gasteiger partial charge in [0.25, 0.3) is 5.91 Å². The number of aliphatic hydroxyl groups is 1. The zero-order chi connectivity index (χ0) is 22.9. The van der Waals surface area contributed by atoms with Crippen LogP contribution in [0.15, 0.2) is 48.5 Å². The summed E-state index contributed by atoms with van der Waals surface area (Å²) in [6.07, 6.45) is 3.26. The highest BCUT2D eigenvalue weighted by atomic mass is 16.5. The molecule has 2 aliphatic rings. The topological polar surface area (TPSA) is 65.9 Å². The SMILES string of the molecule is COc1ccccc1C(=O)N(Cc1cc2cccc(C)c2nc1N1CCC(O)CC1)C1CC1. The molecular weight excluding hydrogens is 414 g/mol. The Morgan fingerprint density at radius 3 is 2.61 bits per heavy atom. The molecule has 2 fully saturated rings. The normalized spacial score (nSPS) is 16.8. The standard InChI is InChI=1S/C27H31N3O3/c1-18-6-5-7-19-16-20(26(28-25(18)19)29-14-12-22(31)13-15-29)17-30(21-10-11-21)27(32)23-8-3-4-9-24(23)33-2/h3-9,16,21-22,31H,10-15,17H2,1-2H3. The van der Waals surface area contributed by atoms with Crippen molar-refractivity contribution >= 4 is 22.6 Å². The monoisotopic (exact) mass is 445 g/mol. The lowest BCUT2D eigenvalue weighted by molar-refractivity contribution is 0.0726. The molecule has 6 nitrogen and oxygen atoms in total. The first-order valence-corrected chi connectivity index (χ1v) is 11.8. The Labute approximate surface area is 194 Å². The summed E-state index contributed by atoms with van der Waals surface area (Å²) < 4.78 is 5.48. The van der Waals surface area contributed by atoms with E-state index in [4.69, 9.17) is 9.72 Å². The molecule has 1 amide bonds. The molecule has 0 unspecified atom stereocenters. The van der Waals surface area contributed by atoms with Crippen LogP contribution in [0, 0.1) is 6.92 Å². The lowest BCUT2D eigenvalue weighted by Gasteiger charge is -2.33. The number of amides is 1. The van der Waals surface area contributed by atoms with Crippen molar-refractivity contribution in [2.45, 2.75) is 51.3 Å². The third-order valence-corrected chi connectivity index (χ3v) is 6.79. The average Bonchev–Trinajstić information content (AvgIpc) is 3.68. The van der Waals surface area contributed by atoms with Gasteiger partial charge in [-0.1, -0.05) is 30.3 Å². The summed E-state index contributed by atoms with van der Waals surface area (Å²) in [6, 6.07) is 16.1. The van der Waals surface area contributed by atoms with Gasteiger partial charge >= 0.3 is 0 Å². The van der Waals surface area contributed by atoms with Gasteiger partial charge in [-0.25, -0.2) is 4.98 Å². The number of anilines is 1. The molecule has 2 heterocycles. The number of benzene rings is 2. The largest absolute Gasteiger partial charge is 0.496 e. The van der Waals surface area contributed by atoms with Gasteiger partial charge in [-0.2, -0.15) is 0 Å². The van der Waals surface area contributed by atoms with Crippen LogP contribution in [-0.2, 0) is 6.54 Å². The molecule has 33 heavy (non-hydrogen) atoms. The molecule has 1 aliphatic heterocycles. The Bertz CT molecular complexity index is 1170. The first-order valence-electron chi connectivity index (χ1n) is 11.8. The number of methoxy groups -OCH3 is 1. The zero-order valence-electron chi connectivity index (χ0n) is 19.3. The number of hydrogen-bond acceptors (Lipinski definition) is 5. The van der Waals surface area contributed by atoms with E-state index in [2.05, 4.69) is 36.1 Å². The van der Waals surface area contributed by atoms with Crippen molar-refractivity contribution in [1.82, 2.24) is 9.88 Å². The maximum absolute atomic E-state index is 13.6. The fourth-order valence-electron chi connectivity index (χ4n) is 4.76. The van der Waals surface area contributed by atoms with Gasteiger partial charge in [-0.05, 0) is 56.4 Å². The molecule has 1 saturated heterocycles. The Morgan fingerprint density at radius 2 is 1.88 bits per heavy atom. The van der Waals surface area contributed by atoms with Crippen LogP contribution in [0.1, 0.15) is 47.2 Å². The van der Waals surface area contributed by atoms with Crippen LogP contribution in [-0.4, -0.2) is 53.2 Å². The predicted molar refractivity (Wildman–Crippen MR) is 130 cm³/mol. The summed E-state index contributed by atoms with van der Waals surface area (Å²) in [5, 5.41) is 11.1. The van der Waals surface area contributed by atoms with E-state index in [1.54, 1.807) is 7.11 Å². The molecular formula is C27H31N3O3. The van der Waals surface area contributed by atoms with Crippen LogP contribution < -0.4 is 9.64 Å². The summed E-state index contributed by atoms with van der Waals surface area (Å²) in [6.45, 7) is 4.12. The van der Waals surface area contributed by atoms with E-state index < -0.39 is 0 Å². The number of nitrogens with zero attached hydrogens (tertiary/aromatic N) is 3. The Kier molecular flexibility index (Phi) is 5.94.